The molecule has 0 spiro atoms. The van der Waals surface area contributed by atoms with Crippen molar-refractivity contribution in [1.29, 1.82) is 0 Å². The molecule has 1 aliphatic rings. The highest BCUT2D eigenvalue weighted by Crippen LogP contribution is 2.22. The standard InChI is InChI=1S/C12H17N3O3S/c1-8(2)18-10-3-4-13-12(14-10)15-5-6-19-7-9(15)11(16)17/h3-4,8-9H,5-7H2,1-2H3,(H,16,17). The smallest absolute Gasteiger partial charge is 0.327 e. The molecule has 1 N–H and O–H groups in total. The first-order valence-corrected chi connectivity index (χ1v) is 7.30. The van der Waals surface area contributed by atoms with Crippen LogP contribution in [0.25, 0.3) is 0 Å². The van der Waals surface area contributed by atoms with Crippen LogP contribution in [0.1, 0.15) is 13.8 Å². The summed E-state index contributed by atoms with van der Waals surface area (Å²) in [5, 5.41) is 9.24. The van der Waals surface area contributed by atoms with Gasteiger partial charge in [0.1, 0.15) is 6.04 Å². The minimum Gasteiger partial charge on any atom is -0.480 e. The maximum absolute atomic E-state index is 11.3. The number of anilines is 1. The fraction of sp³-hybridized carbons (Fsp3) is 0.583. The lowest BCUT2D eigenvalue weighted by Gasteiger charge is -2.32. The molecular formula is C12H17N3O3S. The first-order chi connectivity index (χ1) is 9.08. The molecular weight excluding hydrogens is 266 g/mol. The van der Waals surface area contributed by atoms with Gasteiger partial charge in [0.15, 0.2) is 0 Å². The number of carbonyl (C=O) groups is 1. The Morgan fingerprint density at radius 1 is 1.63 bits per heavy atom. The maximum atomic E-state index is 11.3. The van der Waals surface area contributed by atoms with Gasteiger partial charge in [0, 0.05) is 30.3 Å². The predicted molar refractivity (Wildman–Crippen MR) is 73.9 cm³/mol. The molecule has 1 atom stereocenters. The van der Waals surface area contributed by atoms with Crippen molar-refractivity contribution in [2.24, 2.45) is 0 Å². The van der Waals surface area contributed by atoms with Crippen molar-refractivity contribution in [2.75, 3.05) is 23.0 Å². The van der Waals surface area contributed by atoms with Gasteiger partial charge in [-0.15, -0.1) is 0 Å². The van der Waals surface area contributed by atoms with Crippen molar-refractivity contribution in [1.82, 2.24) is 9.97 Å². The van der Waals surface area contributed by atoms with Crippen LogP contribution in [-0.2, 0) is 4.79 Å². The Bertz CT molecular complexity index is 456. The molecule has 2 heterocycles. The lowest BCUT2D eigenvalue weighted by atomic mass is 10.3. The van der Waals surface area contributed by atoms with Gasteiger partial charge in [-0.2, -0.15) is 16.7 Å². The number of nitrogens with zero attached hydrogens (tertiary/aromatic N) is 3. The average molecular weight is 283 g/mol. The van der Waals surface area contributed by atoms with Crippen LogP contribution in [0.5, 0.6) is 5.88 Å². The summed E-state index contributed by atoms with van der Waals surface area (Å²) in [6.07, 6.45) is 1.62. The molecule has 0 radical (unpaired) electrons. The van der Waals surface area contributed by atoms with E-state index in [2.05, 4.69) is 9.97 Å². The topological polar surface area (TPSA) is 75.5 Å². The Labute approximate surface area is 116 Å². The average Bonchev–Trinajstić information content (AvgIpc) is 2.38. The fourth-order valence-electron chi connectivity index (χ4n) is 1.83. The zero-order valence-electron chi connectivity index (χ0n) is 10.9. The van der Waals surface area contributed by atoms with Crippen LogP contribution in [0.2, 0.25) is 0 Å². The second kappa shape index (κ2) is 6.10. The van der Waals surface area contributed by atoms with Crippen LogP contribution >= 0.6 is 11.8 Å². The zero-order valence-corrected chi connectivity index (χ0v) is 11.8. The van der Waals surface area contributed by atoms with E-state index in [1.54, 1.807) is 28.9 Å². The third-order valence-corrected chi connectivity index (χ3v) is 3.67. The number of carboxylic acids is 1. The van der Waals surface area contributed by atoms with E-state index in [1.165, 1.54) is 0 Å². The van der Waals surface area contributed by atoms with E-state index >= 15 is 0 Å². The van der Waals surface area contributed by atoms with E-state index in [1.807, 2.05) is 13.8 Å². The van der Waals surface area contributed by atoms with Crippen LogP contribution in [0.15, 0.2) is 12.3 Å². The predicted octanol–water partition coefficient (Wildman–Crippen LogP) is 1.27. The van der Waals surface area contributed by atoms with Gasteiger partial charge in [-0.05, 0) is 13.8 Å². The van der Waals surface area contributed by atoms with Crippen LogP contribution in [0, 0.1) is 0 Å². The molecule has 1 aromatic heterocycles. The van der Waals surface area contributed by atoms with Gasteiger partial charge in [-0.25, -0.2) is 9.78 Å². The third-order valence-electron chi connectivity index (χ3n) is 2.64. The molecule has 1 unspecified atom stereocenters. The number of thioether (sulfide) groups is 1. The Morgan fingerprint density at radius 2 is 2.42 bits per heavy atom. The van der Waals surface area contributed by atoms with Crippen LogP contribution in [0.3, 0.4) is 0 Å². The molecule has 1 aromatic rings. The Balaban J connectivity index is 2.21. The number of carboxylic acid groups (broad SMARTS) is 1. The molecule has 1 saturated heterocycles. The van der Waals surface area contributed by atoms with E-state index in [0.29, 0.717) is 24.1 Å². The molecule has 104 valence electrons. The minimum atomic E-state index is -0.842. The Kier molecular flexibility index (Phi) is 4.47. The van der Waals surface area contributed by atoms with E-state index < -0.39 is 12.0 Å². The van der Waals surface area contributed by atoms with Crippen LogP contribution < -0.4 is 9.64 Å². The van der Waals surface area contributed by atoms with Crippen molar-refractivity contribution in [3.05, 3.63) is 12.3 Å². The van der Waals surface area contributed by atoms with Gasteiger partial charge in [0.25, 0.3) is 0 Å². The number of ether oxygens (including phenoxy) is 1. The van der Waals surface area contributed by atoms with E-state index in [9.17, 15) is 9.90 Å². The summed E-state index contributed by atoms with van der Waals surface area (Å²) < 4.78 is 5.51. The molecule has 1 fully saturated rings. The number of aliphatic carboxylic acids is 1. The summed E-state index contributed by atoms with van der Waals surface area (Å²) in [6, 6.07) is 1.10. The summed E-state index contributed by atoms with van der Waals surface area (Å²) >= 11 is 1.64. The summed E-state index contributed by atoms with van der Waals surface area (Å²) in [4.78, 5) is 21.4. The number of hydrogen-bond donors (Lipinski definition) is 1. The van der Waals surface area contributed by atoms with Gasteiger partial charge in [-0.3, -0.25) is 0 Å². The summed E-state index contributed by atoms with van der Waals surface area (Å²) in [6.45, 7) is 4.46. The molecule has 1 aliphatic heterocycles. The van der Waals surface area contributed by atoms with Gasteiger partial charge >= 0.3 is 5.97 Å². The van der Waals surface area contributed by atoms with Gasteiger partial charge < -0.3 is 14.7 Å². The fourth-order valence-corrected chi connectivity index (χ4v) is 2.86. The van der Waals surface area contributed by atoms with E-state index in [0.717, 1.165) is 5.75 Å². The first kappa shape index (κ1) is 13.9. The van der Waals surface area contributed by atoms with Crippen LogP contribution in [-0.4, -0.2) is 51.2 Å². The highest BCUT2D eigenvalue weighted by Gasteiger charge is 2.30. The molecule has 7 heteroatoms. The van der Waals surface area contributed by atoms with Crippen molar-refractivity contribution in [3.8, 4) is 5.88 Å². The minimum absolute atomic E-state index is 0.0231. The molecule has 19 heavy (non-hydrogen) atoms. The summed E-state index contributed by atoms with van der Waals surface area (Å²) in [5.41, 5.74) is 0. The van der Waals surface area contributed by atoms with Crippen molar-refractivity contribution >= 4 is 23.7 Å². The van der Waals surface area contributed by atoms with Crippen LogP contribution in [0.4, 0.5) is 5.95 Å². The molecule has 0 saturated carbocycles. The number of aromatic nitrogens is 2. The molecule has 0 bridgehead atoms. The Morgan fingerprint density at radius 3 is 3.11 bits per heavy atom. The molecule has 0 amide bonds. The van der Waals surface area contributed by atoms with E-state index in [4.69, 9.17) is 4.74 Å². The van der Waals surface area contributed by atoms with Crippen molar-refractivity contribution in [2.45, 2.75) is 26.0 Å². The van der Waals surface area contributed by atoms with Crippen molar-refractivity contribution < 1.29 is 14.6 Å². The Hall–Kier alpha value is -1.50. The lowest BCUT2D eigenvalue weighted by Crippen LogP contribution is -2.48. The molecule has 0 aliphatic carbocycles. The highest BCUT2D eigenvalue weighted by molar-refractivity contribution is 7.99. The quantitative estimate of drug-likeness (QED) is 0.891. The maximum Gasteiger partial charge on any atom is 0.327 e. The van der Waals surface area contributed by atoms with Gasteiger partial charge in [-0.1, -0.05) is 0 Å². The second-order valence-corrected chi connectivity index (χ2v) is 5.63. The highest BCUT2D eigenvalue weighted by atomic mass is 32.2. The number of rotatable bonds is 4. The van der Waals surface area contributed by atoms with Gasteiger partial charge in [0.05, 0.1) is 6.10 Å². The lowest BCUT2D eigenvalue weighted by molar-refractivity contribution is -0.138. The van der Waals surface area contributed by atoms with Crippen molar-refractivity contribution in [3.63, 3.8) is 0 Å². The molecule has 2 rings (SSSR count). The zero-order chi connectivity index (χ0) is 13.8. The normalized spacial score (nSPS) is 19.5. The third kappa shape index (κ3) is 3.50. The SMILES string of the molecule is CC(C)Oc1ccnc(N2CCSCC2C(=O)O)n1. The summed E-state index contributed by atoms with van der Waals surface area (Å²) in [7, 11) is 0. The molecule has 0 aromatic carbocycles. The van der Waals surface area contributed by atoms with E-state index in [-0.39, 0.29) is 6.10 Å². The largest absolute Gasteiger partial charge is 0.480 e. The monoisotopic (exact) mass is 283 g/mol. The first-order valence-electron chi connectivity index (χ1n) is 6.15. The second-order valence-electron chi connectivity index (χ2n) is 4.48. The molecule has 6 nitrogen and oxygen atoms in total. The van der Waals surface area contributed by atoms with Gasteiger partial charge in [0.2, 0.25) is 11.8 Å². The number of hydrogen-bond acceptors (Lipinski definition) is 6. The summed E-state index contributed by atoms with van der Waals surface area (Å²) in [5.74, 6) is 1.48.